The van der Waals surface area contributed by atoms with E-state index in [2.05, 4.69) is 36.5 Å². The molecule has 2 aromatic carbocycles. The van der Waals surface area contributed by atoms with Crippen molar-refractivity contribution in [3.63, 3.8) is 0 Å². The number of hydrogen-bond donors (Lipinski definition) is 1. The van der Waals surface area contributed by atoms with E-state index in [1.807, 2.05) is 0 Å². The van der Waals surface area contributed by atoms with Gasteiger partial charge < -0.3 is 5.32 Å². The first-order valence-corrected chi connectivity index (χ1v) is 6.35. The highest BCUT2D eigenvalue weighted by Crippen LogP contribution is 2.20. The van der Waals surface area contributed by atoms with Crippen LogP contribution in [0.2, 0.25) is 0 Å². The normalized spacial score (nSPS) is 10.6. The van der Waals surface area contributed by atoms with Crippen LogP contribution in [0.3, 0.4) is 0 Å². The molecule has 0 saturated heterocycles. The summed E-state index contributed by atoms with van der Waals surface area (Å²) in [6.45, 7) is 4.10. The van der Waals surface area contributed by atoms with Crippen LogP contribution in [0.1, 0.15) is 18.9 Å². The maximum absolute atomic E-state index is 12.8. The topological polar surface area (TPSA) is 12.0 Å². The average molecular weight is 243 g/mol. The lowest BCUT2D eigenvalue weighted by molar-refractivity contribution is 0.628. The predicted molar refractivity (Wildman–Crippen MR) is 73.8 cm³/mol. The molecule has 0 saturated carbocycles. The van der Waals surface area contributed by atoms with Gasteiger partial charge in [-0.15, -0.1) is 0 Å². The Hall–Kier alpha value is -1.67. The summed E-state index contributed by atoms with van der Waals surface area (Å²) < 4.78 is 12.8. The van der Waals surface area contributed by atoms with Gasteiger partial charge in [0, 0.05) is 6.54 Å². The zero-order valence-electron chi connectivity index (χ0n) is 10.6. The first-order chi connectivity index (χ1) is 8.79. The van der Waals surface area contributed by atoms with Gasteiger partial charge in [-0.1, -0.05) is 43.3 Å². The van der Waals surface area contributed by atoms with E-state index in [4.69, 9.17) is 0 Å². The Morgan fingerprint density at radius 3 is 2.00 bits per heavy atom. The summed E-state index contributed by atoms with van der Waals surface area (Å²) in [5, 5.41) is 3.37. The van der Waals surface area contributed by atoms with Crippen molar-refractivity contribution in [3.8, 4) is 11.1 Å². The van der Waals surface area contributed by atoms with Gasteiger partial charge in [0.15, 0.2) is 0 Å². The fraction of sp³-hybridized carbons (Fsp3) is 0.250. The maximum Gasteiger partial charge on any atom is 0.123 e. The summed E-state index contributed by atoms with van der Waals surface area (Å²) in [4.78, 5) is 0. The lowest BCUT2D eigenvalue weighted by Gasteiger charge is -2.05. The number of rotatable bonds is 5. The molecule has 0 fully saturated rings. The van der Waals surface area contributed by atoms with Gasteiger partial charge in [-0.3, -0.25) is 0 Å². The summed E-state index contributed by atoms with van der Waals surface area (Å²) in [6.07, 6.45) is 1.15. The first kappa shape index (κ1) is 12.8. The van der Waals surface area contributed by atoms with E-state index < -0.39 is 0 Å². The third-order valence-corrected chi connectivity index (χ3v) is 2.89. The van der Waals surface area contributed by atoms with E-state index in [0.717, 1.165) is 30.6 Å². The summed E-state index contributed by atoms with van der Waals surface area (Å²) in [5.74, 6) is -0.195. The SMILES string of the molecule is CCCNCc1ccc(-c2ccc(F)cc2)cc1. The van der Waals surface area contributed by atoms with Gasteiger partial charge in [-0.05, 0) is 41.8 Å². The van der Waals surface area contributed by atoms with Crippen molar-refractivity contribution in [2.45, 2.75) is 19.9 Å². The monoisotopic (exact) mass is 243 g/mol. The molecule has 2 aromatic rings. The van der Waals surface area contributed by atoms with Crippen LogP contribution < -0.4 is 5.32 Å². The lowest BCUT2D eigenvalue weighted by Crippen LogP contribution is -2.13. The Balaban J connectivity index is 2.05. The molecule has 0 aliphatic carbocycles. The minimum absolute atomic E-state index is 0.195. The van der Waals surface area contributed by atoms with Crippen LogP contribution in [-0.4, -0.2) is 6.54 Å². The smallest absolute Gasteiger partial charge is 0.123 e. The highest BCUT2D eigenvalue weighted by molar-refractivity contribution is 5.63. The minimum atomic E-state index is -0.195. The molecular weight excluding hydrogens is 225 g/mol. The van der Waals surface area contributed by atoms with Crippen LogP contribution in [0.5, 0.6) is 0 Å². The largest absolute Gasteiger partial charge is 0.313 e. The molecule has 0 spiro atoms. The molecule has 0 aliphatic heterocycles. The molecule has 1 N–H and O–H groups in total. The Kier molecular flexibility index (Phi) is 4.48. The van der Waals surface area contributed by atoms with Crippen molar-refractivity contribution in [1.29, 1.82) is 0 Å². The quantitative estimate of drug-likeness (QED) is 0.783. The van der Waals surface area contributed by atoms with Gasteiger partial charge in [-0.2, -0.15) is 0 Å². The molecule has 0 radical (unpaired) electrons. The standard InChI is InChI=1S/C16H18FN/c1-2-11-18-12-13-3-5-14(6-4-13)15-7-9-16(17)10-8-15/h3-10,18H,2,11-12H2,1H3. The molecule has 2 rings (SSSR count). The van der Waals surface area contributed by atoms with Gasteiger partial charge in [0.1, 0.15) is 5.82 Å². The fourth-order valence-electron chi connectivity index (χ4n) is 1.87. The summed E-state index contributed by atoms with van der Waals surface area (Å²) in [5.41, 5.74) is 3.44. The van der Waals surface area contributed by atoms with Gasteiger partial charge in [-0.25, -0.2) is 4.39 Å². The lowest BCUT2D eigenvalue weighted by atomic mass is 10.0. The van der Waals surface area contributed by atoms with E-state index in [1.54, 1.807) is 12.1 Å². The van der Waals surface area contributed by atoms with Gasteiger partial charge >= 0.3 is 0 Å². The molecule has 0 heterocycles. The molecule has 0 bridgehead atoms. The van der Waals surface area contributed by atoms with Crippen LogP contribution in [0.15, 0.2) is 48.5 Å². The summed E-state index contributed by atoms with van der Waals surface area (Å²) >= 11 is 0. The second-order valence-electron chi connectivity index (χ2n) is 4.38. The predicted octanol–water partition coefficient (Wildman–Crippen LogP) is 3.99. The third kappa shape index (κ3) is 3.41. The Morgan fingerprint density at radius 1 is 0.889 bits per heavy atom. The van der Waals surface area contributed by atoms with Gasteiger partial charge in [0.05, 0.1) is 0 Å². The van der Waals surface area contributed by atoms with Crippen LogP contribution in [0.4, 0.5) is 4.39 Å². The van der Waals surface area contributed by atoms with E-state index >= 15 is 0 Å². The third-order valence-electron chi connectivity index (χ3n) is 2.89. The van der Waals surface area contributed by atoms with E-state index in [1.165, 1.54) is 17.7 Å². The van der Waals surface area contributed by atoms with E-state index in [9.17, 15) is 4.39 Å². The van der Waals surface area contributed by atoms with Crippen LogP contribution in [-0.2, 0) is 6.54 Å². The zero-order valence-corrected chi connectivity index (χ0v) is 10.6. The number of nitrogens with one attached hydrogen (secondary N) is 1. The zero-order chi connectivity index (χ0) is 12.8. The Labute approximate surface area is 108 Å². The van der Waals surface area contributed by atoms with Crippen molar-refractivity contribution in [1.82, 2.24) is 5.32 Å². The maximum atomic E-state index is 12.8. The molecule has 0 aromatic heterocycles. The summed E-state index contributed by atoms with van der Waals surface area (Å²) in [6, 6.07) is 15.0. The molecule has 2 heteroatoms. The molecule has 0 atom stereocenters. The molecule has 94 valence electrons. The van der Waals surface area contributed by atoms with Crippen molar-refractivity contribution >= 4 is 0 Å². The molecule has 0 amide bonds. The van der Waals surface area contributed by atoms with Crippen molar-refractivity contribution in [2.24, 2.45) is 0 Å². The first-order valence-electron chi connectivity index (χ1n) is 6.35. The van der Waals surface area contributed by atoms with Crippen molar-refractivity contribution in [3.05, 3.63) is 59.9 Å². The highest BCUT2D eigenvalue weighted by atomic mass is 19.1. The average Bonchev–Trinajstić information content (AvgIpc) is 2.41. The Morgan fingerprint density at radius 2 is 1.44 bits per heavy atom. The van der Waals surface area contributed by atoms with Gasteiger partial charge in [0.25, 0.3) is 0 Å². The Bertz CT molecular complexity index is 473. The van der Waals surface area contributed by atoms with Crippen molar-refractivity contribution in [2.75, 3.05) is 6.54 Å². The second-order valence-corrected chi connectivity index (χ2v) is 4.38. The molecule has 0 aliphatic rings. The minimum Gasteiger partial charge on any atom is -0.313 e. The molecule has 0 unspecified atom stereocenters. The highest BCUT2D eigenvalue weighted by Gasteiger charge is 1.98. The number of halogens is 1. The van der Waals surface area contributed by atoms with Crippen LogP contribution >= 0.6 is 0 Å². The van der Waals surface area contributed by atoms with Crippen molar-refractivity contribution < 1.29 is 4.39 Å². The van der Waals surface area contributed by atoms with Crippen LogP contribution in [0.25, 0.3) is 11.1 Å². The number of benzene rings is 2. The molecular formula is C16H18FN. The fourth-order valence-corrected chi connectivity index (χ4v) is 1.87. The number of hydrogen-bond acceptors (Lipinski definition) is 1. The van der Waals surface area contributed by atoms with E-state index in [0.29, 0.717) is 0 Å². The summed E-state index contributed by atoms with van der Waals surface area (Å²) in [7, 11) is 0. The van der Waals surface area contributed by atoms with Crippen LogP contribution in [0, 0.1) is 5.82 Å². The second kappa shape index (κ2) is 6.31. The molecule has 18 heavy (non-hydrogen) atoms. The van der Waals surface area contributed by atoms with Gasteiger partial charge in [0.2, 0.25) is 0 Å². The van der Waals surface area contributed by atoms with E-state index in [-0.39, 0.29) is 5.82 Å². The molecule has 1 nitrogen and oxygen atoms in total.